The van der Waals surface area contributed by atoms with Gasteiger partial charge in [-0.25, -0.2) is 4.79 Å². The minimum Gasteiger partial charge on any atom is -0.508 e. The van der Waals surface area contributed by atoms with Crippen molar-refractivity contribution in [3.8, 4) is 5.75 Å². The molecule has 1 aliphatic heterocycles. The Bertz CT molecular complexity index is 1370. The number of carboxylic acid groups (broad SMARTS) is 1. The Morgan fingerprint density at radius 1 is 0.882 bits per heavy atom. The van der Waals surface area contributed by atoms with Crippen LogP contribution in [0.15, 0.2) is 49.6 Å². The van der Waals surface area contributed by atoms with Gasteiger partial charge in [0, 0.05) is 13.0 Å². The number of hydrogen-bond donors (Lipinski definition) is 8. The van der Waals surface area contributed by atoms with E-state index in [0.29, 0.717) is 37.8 Å². The molecule has 10 N–H and O–H groups in total. The number of nitrogens with one attached hydrogen (secondary N) is 4. The third kappa shape index (κ3) is 13.8. The van der Waals surface area contributed by atoms with E-state index in [1.165, 1.54) is 29.2 Å². The van der Waals surface area contributed by atoms with Crippen molar-refractivity contribution >= 4 is 35.5 Å². The van der Waals surface area contributed by atoms with Gasteiger partial charge in [-0.3, -0.25) is 24.0 Å². The maximum Gasteiger partial charge on any atom is 0.326 e. The van der Waals surface area contributed by atoms with Crippen molar-refractivity contribution in [1.82, 2.24) is 26.2 Å². The first-order chi connectivity index (χ1) is 24.2. The van der Waals surface area contributed by atoms with Gasteiger partial charge >= 0.3 is 5.97 Å². The van der Waals surface area contributed by atoms with Crippen LogP contribution in [-0.4, -0.2) is 100.0 Å². The van der Waals surface area contributed by atoms with Crippen LogP contribution in [0.5, 0.6) is 5.75 Å². The maximum atomic E-state index is 13.9. The van der Waals surface area contributed by atoms with E-state index in [-0.39, 0.29) is 50.3 Å². The largest absolute Gasteiger partial charge is 0.508 e. The summed E-state index contributed by atoms with van der Waals surface area (Å²) in [5, 5.41) is 30.0. The van der Waals surface area contributed by atoms with Crippen LogP contribution in [0.2, 0.25) is 0 Å². The summed E-state index contributed by atoms with van der Waals surface area (Å²) in [5.41, 5.74) is 12.2. The predicted octanol–water partition coefficient (Wildman–Crippen LogP) is 0.604. The Morgan fingerprint density at radius 3 is 2.08 bits per heavy atom. The van der Waals surface area contributed by atoms with E-state index in [0.717, 1.165) is 0 Å². The highest BCUT2D eigenvalue weighted by Gasteiger charge is 2.39. The van der Waals surface area contributed by atoms with Gasteiger partial charge in [0.15, 0.2) is 0 Å². The molecule has 0 bridgehead atoms. The normalized spacial score (nSPS) is 17.0. The minimum absolute atomic E-state index is 0.000413. The molecule has 1 aliphatic rings. The number of rotatable bonds is 22. The van der Waals surface area contributed by atoms with Crippen molar-refractivity contribution < 1.29 is 39.0 Å². The minimum atomic E-state index is -1.23. The lowest BCUT2D eigenvalue weighted by Crippen LogP contribution is -2.59. The first-order valence-electron chi connectivity index (χ1n) is 17.4. The number of hydrogen-bond acceptors (Lipinski definition) is 9. The molecule has 0 saturated carbocycles. The summed E-state index contributed by atoms with van der Waals surface area (Å²) < 4.78 is 0. The Balaban J connectivity index is 2.32. The Hall–Kier alpha value is -4.76. The summed E-state index contributed by atoms with van der Waals surface area (Å²) in [6.45, 7) is 11.5. The zero-order valence-corrected chi connectivity index (χ0v) is 29.6. The van der Waals surface area contributed by atoms with E-state index < -0.39 is 71.8 Å². The molecule has 6 atom stereocenters. The fourth-order valence-electron chi connectivity index (χ4n) is 5.80. The molecule has 1 saturated heterocycles. The summed E-state index contributed by atoms with van der Waals surface area (Å²) in [5.74, 6) is -4.29. The van der Waals surface area contributed by atoms with E-state index in [2.05, 4.69) is 34.4 Å². The zero-order chi connectivity index (χ0) is 38.1. The summed E-state index contributed by atoms with van der Waals surface area (Å²) in [6.07, 6.45) is 5.50. The zero-order valence-electron chi connectivity index (χ0n) is 29.6. The van der Waals surface area contributed by atoms with E-state index in [1.54, 1.807) is 12.1 Å². The molecule has 1 aromatic carbocycles. The summed E-state index contributed by atoms with van der Waals surface area (Å²) in [7, 11) is 0. The number of carbonyl (C=O) groups excluding carboxylic acids is 5. The number of carboxylic acids is 1. The summed E-state index contributed by atoms with van der Waals surface area (Å²) >= 11 is 0. The fourth-order valence-corrected chi connectivity index (χ4v) is 5.80. The molecule has 15 nitrogen and oxygen atoms in total. The average molecular weight is 714 g/mol. The van der Waals surface area contributed by atoms with Crippen molar-refractivity contribution in [1.29, 1.82) is 0 Å². The van der Waals surface area contributed by atoms with Crippen LogP contribution >= 0.6 is 0 Å². The number of nitrogens with zero attached hydrogens (tertiary/aromatic N) is 1. The second-order valence-electron chi connectivity index (χ2n) is 13.2. The first-order valence-corrected chi connectivity index (χ1v) is 17.4. The van der Waals surface area contributed by atoms with Crippen molar-refractivity contribution in [3.63, 3.8) is 0 Å². The van der Waals surface area contributed by atoms with Gasteiger partial charge in [0.2, 0.25) is 29.5 Å². The molecule has 282 valence electrons. The monoisotopic (exact) mass is 713 g/mol. The molecule has 5 amide bonds. The number of phenols is 1. The van der Waals surface area contributed by atoms with E-state index >= 15 is 0 Å². The molecule has 51 heavy (non-hydrogen) atoms. The van der Waals surface area contributed by atoms with Crippen molar-refractivity contribution in [2.75, 3.05) is 13.1 Å². The standard InChI is InChI=1S/C36H55N7O8/c1-5-10-25(38)31(45)40-27(12-7-8-18-37)35(49)43-19-9-13-30(43)34(48)41-28(21-23-14-16-24(44)17-15-23)33(47)39-26(11-6-2)32(46)42-29(36(50)51)20-22(3)4/h5-6,14-17,22,25-30,44H,1-2,7-13,18-21,37-38H2,3-4H3,(H,39,47)(H,40,45)(H,41,48)(H,42,46)(H,50,51)/t25-,26-,27-,28-,29-,30-/m0/s1. The van der Waals surface area contributed by atoms with Gasteiger partial charge in [-0.15, -0.1) is 13.2 Å². The molecule has 0 spiro atoms. The molecular weight excluding hydrogens is 658 g/mol. The molecule has 0 aliphatic carbocycles. The number of carbonyl (C=O) groups is 6. The van der Waals surface area contributed by atoms with Crippen LogP contribution in [0.1, 0.15) is 70.8 Å². The number of phenolic OH excluding ortho intramolecular Hbond substituents is 1. The molecule has 0 aromatic heterocycles. The number of nitrogens with two attached hydrogens (primary N) is 2. The molecule has 0 unspecified atom stereocenters. The SMILES string of the molecule is C=CC[C@H](NC(=O)[C@H](Cc1ccc(O)cc1)NC(=O)[C@@H]1CCCN1C(=O)[C@H](CCCCN)NC(=O)[C@@H](N)CC=C)C(=O)N[C@@H](CC(C)C)C(=O)O. The van der Waals surface area contributed by atoms with Crippen molar-refractivity contribution in [2.24, 2.45) is 17.4 Å². The van der Waals surface area contributed by atoms with Gasteiger partial charge in [0.05, 0.1) is 6.04 Å². The third-order valence-electron chi connectivity index (χ3n) is 8.52. The van der Waals surface area contributed by atoms with Crippen LogP contribution in [0.4, 0.5) is 0 Å². The summed E-state index contributed by atoms with van der Waals surface area (Å²) in [4.78, 5) is 80.7. The van der Waals surface area contributed by atoms with Gasteiger partial charge in [-0.2, -0.15) is 0 Å². The third-order valence-corrected chi connectivity index (χ3v) is 8.52. The van der Waals surface area contributed by atoms with Crippen LogP contribution in [-0.2, 0) is 35.2 Å². The highest BCUT2D eigenvalue weighted by atomic mass is 16.4. The van der Waals surface area contributed by atoms with Gasteiger partial charge in [-0.1, -0.05) is 38.1 Å². The van der Waals surface area contributed by atoms with Gasteiger partial charge in [0.25, 0.3) is 0 Å². The second kappa shape index (κ2) is 21.5. The van der Waals surface area contributed by atoms with Crippen LogP contribution < -0.4 is 32.7 Å². The molecule has 2 rings (SSSR count). The number of aliphatic carboxylic acids is 1. The van der Waals surface area contributed by atoms with Crippen LogP contribution in [0, 0.1) is 5.92 Å². The molecular formula is C36H55N7O8. The van der Waals surface area contributed by atoms with Gasteiger partial charge in [0.1, 0.15) is 36.0 Å². The fraction of sp³-hybridized carbons (Fsp3) is 0.556. The molecule has 1 aromatic rings. The lowest BCUT2D eigenvalue weighted by Gasteiger charge is -2.30. The number of benzene rings is 1. The lowest BCUT2D eigenvalue weighted by atomic mass is 10.0. The highest BCUT2D eigenvalue weighted by Crippen LogP contribution is 2.21. The molecule has 15 heteroatoms. The Labute approximate surface area is 299 Å². The molecule has 0 radical (unpaired) electrons. The average Bonchev–Trinajstić information content (AvgIpc) is 3.58. The summed E-state index contributed by atoms with van der Waals surface area (Å²) in [6, 6.07) is -0.400. The smallest absolute Gasteiger partial charge is 0.326 e. The van der Waals surface area contributed by atoms with E-state index in [1.807, 2.05) is 13.8 Å². The number of aromatic hydroxyl groups is 1. The number of likely N-dealkylation sites (tertiary alicyclic amines) is 1. The quantitative estimate of drug-likeness (QED) is 0.0614. The predicted molar refractivity (Wildman–Crippen MR) is 192 cm³/mol. The van der Waals surface area contributed by atoms with E-state index in [4.69, 9.17) is 11.5 Å². The van der Waals surface area contributed by atoms with Gasteiger partial charge < -0.3 is 47.8 Å². The number of amides is 5. The Kier molecular flexibility index (Phi) is 17.8. The van der Waals surface area contributed by atoms with E-state index in [9.17, 15) is 39.0 Å². The van der Waals surface area contributed by atoms with Crippen LogP contribution in [0.25, 0.3) is 0 Å². The van der Waals surface area contributed by atoms with Crippen molar-refractivity contribution in [3.05, 3.63) is 55.1 Å². The Morgan fingerprint density at radius 2 is 1.49 bits per heavy atom. The highest BCUT2D eigenvalue weighted by molar-refractivity contribution is 5.96. The molecule has 1 fully saturated rings. The van der Waals surface area contributed by atoms with Crippen molar-refractivity contribution in [2.45, 2.75) is 108 Å². The molecule has 1 heterocycles. The lowest BCUT2D eigenvalue weighted by molar-refractivity contribution is -0.143. The van der Waals surface area contributed by atoms with Gasteiger partial charge in [-0.05, 0) is 81.5 Å². The first kappa shape index (κ1) is 42.4. The number of unbranched alkanes of at least 4 members (excludes halogenated alkanes) is 1. The maximum absolute atomic E-state index is 13.9. The second-order valence-corrected chi connectivity index (χ2v) is 13.2. The van der Waals surface area contributed by atoms with Crippen LogP contribution in [0.3, 0.4) is 0 Å². The topological polar surface area (TPSA) is 246 Å².